The lowest BCUT2D eigenvalue weighted by Gasteiger charge is -2.08. The van der Waals surface area contributed by atoms with E-state index in [0.29, 0.717) is 0 Å². The smallest absolute Gasteiger partial charge is 0.0489 e. The molecule has 0 atom stereocenters. The van der Waals surface area contributed by atoms with Crippen LogP contribution in [0.25, 0.3) is 5.69 Å². The van der Waals surface area contributed by atoms with Crippen LogP contribution in [0.15, 0.2) is 48.8 Å². The SMILES string of the molecule is CSCc1ccccc1-n1cccc1. The van der Waals surface area contributed by atoms with Gasteiger partial charge in [-0.2, -0.15) is 11.8 Å². The highest BCUT2D eigenvalue weighted by atomic mass is 32.2. The van der Waals surface area contributed by atoms with Gasteiger partial charge < -0.3 is 4.57 Å². The van der Waals surface area contributed by atoms with Gasteiger partial charge in [-0.1, -0.05) is 18.2 Å². The minimum Gasteiger partial charge on any atom is -0.324 e. The number of hydrogen-bond donors (Lipinski definition) is 0. The molecule has 1 aromatic carbocycles. The van der Waals surface area contributed by atoms with Crippen molar-refractivity contribution in [3.05, 3.63) is 54.4 Å². The average molecular weight is 203 g/mol. The van der Waals surface area contributed by atoms with Crippen molar-refractivity contribution in [2.24, 2.45) is 0 Å². The fraction of sp³-hybridized carbons (Fsp3) is 0.167. The third-order valence-corrected chi connectivity index (χ3v) is 2.77. The molecule has 72 valence electrons. The van der Waals surface area contributed by atoms with E-state index < -0.39 is 0 Å². The first-order chi connectivity index (χ1) is 6.92. The van der Waals surface area contributed by atoms with Crippen molar-refractivity contribution in [1.29, 1.82) is 0 Å². The summed E-state index contributed by atoms with van der Waals surface area (Å²) in [5.74, 6) is 1.06. The molecule has 2 aromatic rings. The van der Waals surface area contributed by atoms with Gasteiger partial charge in [-0.05, 0) is 30.0 Å². The van der Waals surface area contributed by atoms with Gasteiger partial charge in [-0.3, -0.25) is 0 Å². The van der Waals surface area contributed by atoms with Gasteiger partial charge in [-0.15, -0.1) is 0 Å². The highest BCUT2D eigenvalue weighted by Crippen LogP contribution is 2.18. The van der Waals surface area contributed by atoms with Crippen LogP contribution in [0.1, 0.15) is 5.56 Å². The van der Waals surface area contributed by atoms with E-state index in [4.69, 9.17) is 0 Å². The maximum Gasteiger partial charge on any atom is 0.0489 e. The molecule has 0 aliphatic heterocycles. The van der Waals surface area contributed by atoms with E-state index in [2.05, 4.69) is 59.6 Å². The van der Waals surface area contributed by atoms with Crippen molar-refractivity contribution >= 4 is 11.8 Å². The largest absolute Gasteiger partial charge is 0.324 e. The second kappa shape index (κ2) is 4.38. The Balaban J connectivity index is 2.42. The summed E-state index contributed by atoms with van der Waals surface area (Å²) in [5.41, 5.74) is 2.67. The molecule has 0 saturated carbocycles. The van der Waals surface area contributed by atoms with Crippen LogP contribution < -0.4 is 0 Å². The minimum atomic E-state index is 1.06. The monoisotopic (exact) mass is 203 g/mol. The molecule has 0 radical (unpaired) electrons. The number of nitrogens with zero attached hydrogens (tertiary/aromatic N) is 1. The second-order valence-corrected chi connectivity index (χ2v) is 4.02. The Morgan fingerprint density at radius 1 is 1.07 bits per heavy atom. The molecular formula is C12H13NS. The normalized spacial score (nSPS) is 10.4. The van der Waals surface area contributed by atoms with Gasteiger partial charge in [-0.25, -0.2) is 0 Å². The molecule has 0 N–H and O–H groups in total. The van der Waals surface area contributed by atoms with E-state index in [9.17, 15) is 0 Å². The highest BCUT2D eigenvalue weighted by Gasteiger charge is 2.01. The van der Waals surface area contributed by atoms with Gasteiger partial charge >= 0.3 is 0 Å². The van der Waals surface area contributed by atoms with Crippen LogP contribution in [-0.4, -0.2) is 10.8 Å². The van der Waals surface area contributed by atoms with E-state index in [1.807, 2.05) is 11.8 Å². The summed E-state index contributed by atoms with van der Waals surface area (Å²) in [7, 11) is 0. The van der Waals surface area contributed by atoms with E-state index in [0.717, 1.165) is 5.75 Å². The number of rotatable bonds is 3. The fourth-order valence-electron chi connectivity index (χ4n) is 1.54. The van der Waals surface area contributed by atoms with Crippen LogP contribution in [0.2, 0.25) is 0 Å². The van der Waals surface area contributed by atoms with Gasteiger partial charge in [0.1, 0.15) is 0 Å². The van der Waals surface area contributed by atoms with Crippen molar-refractivity contribution in [1.82, 2.24) is 4.57 Å². The van der Waals surface area contributed by atoms with Gasteiger partial charge in [0.15, 0.2) is 0 Å². The van der Waals surface area contributed by atoms with Crippen LogP contribution >= 0.6 is 11.8 Å². The summed E-state index contributed by atoms with van der Waals surface area (Å²) in [6, 6.07) is 12.6. The van der Waals surface area contributed by atoms with Crippen LogP contribution in [0.4, 0.5) is 0 Å². The molecular weight excluding hydrogens is 190 g/mol. The average Bonchev–Trinajstić information content (AvgIpc) is 2.72. The molecule has 0 fully saturated rings. The molecule has 0 aliphatic rings. The summed E-state index contributed by atoms with van der Waals surface area (Å²) in [5, 5.41) is 0. The van der Waals surface area contributed by atoms with Crippen LogP contribution in [0.3, 0.4) is 0 Å². The zero-order valence-corrected chi connectivity index (χ0v) is 9.00. The van der Waals surface area contributed by atoms with Gasteiger partial charge in [0, 0.05) is 23.8 Å². The summed E-state index contributed by atoms with van der Waals surface area (Å²) in [4.78, 5) is 0. The van der Waals surface area contributed by atoms with E-state index in [1.54, 1.807) is 0 Å². The first kappa shape index (κ1) is 9.41. The Hall–Kier alpha value is -1.15. The Labute approximate surface area is 88.8 Å². The molecule has 0 amide bonds. The lowest BCUT2D eigenvalue weighted by molar-refractivity contribution is 1.06. The van der Waals surface area contributed by atoms with Crippen LogP contribution in [0.5, 0.6) is 0 Å². The molecule has 0 bridgehead atoms. The Morgan fingerprint density at radius 2 is 1.79 bits per heavy atom. The van der Waals surface area contributed by atoms with Gasteiger partial charge in [0.05, 0.1) is 0 Å². The number of hydrogen-bond acceptors (Lipinski definition) is 1. The maximum absolute atomic E-state index is 2.19. The van der Waals surface area contributed by atoms with Gasteiger partial charge in [0.2, 0.25) is 0 Å². The molecule has 1 nitrogen and oxygen atoms in total. The quantitative estimate of drug-likeness (QED) is 0.740. The summed E-state index contributed by atoms with van der Waals surface area (Å²) in [6.45, 7) is 0. The standard InChI is InChI=1S/C12H13NS/c1-14-10-11-6-2-3-7-12(11)13-8-4-5-9-13/h2-9H,10H2,1H3. The Kier molecular flexibility index (Phi) is 2.94. The summed E-state index contributed by atoms with van der Waals surface area (Å²) >= 11 is 1.85. The van der Waals surface area contributed by atoms with E-state index in [1.165, 1.54) is 11.3 Å². The third-order valence-electron chi connectivity index (χ3n) is 2.17. The lowest BCUT2D eigenvalue weighted by Crippen LogP contribution is -1.95. The number of aromatic nitrogens is 1. The second-order valence-electron chi connectivity index (χ2n) is 3.15. The van der Waals surface area contributed by atoms with E-state index >= 15 is 0 Å². The number of benzene rings is 1. The third kappa shape index (κ3) is 1.85. The topological polar surface area (TPSA) is 4.93 Å². The predicted molar refractivity (Wildman–Crippen MR) is 63.0 cm³/mol. The fourth-order valence-corrected chi connectivity index (χ4v) is 2.09. The summed E-state index contributed by atoms with van der Waals surface area (Å²) < 4.78 is 2.16. The first-order valence-electron chi connectivity index (χ1n) is 4.62. The maximum atomic E-state index is 2.19. The molecule has 1 aromatic heterocycles. The van der Waals surface area contributed by atoms with Crippen LogP contribution in [0, 0.1) is 0 Å². The molecule has 2 rings (SSSR count). The zero-order valence-electron chi connectivity index (χ0n) is 8.18. The van der Waals surface area contributed by atoms with Crippen LogP contribution in [-0.2, 0) is 5.75 Å². The van der Waals surface area contributed by atoms with Crippen molar-refractivity contribution in [2.75, 3.05) is 6.26 Å². The van der Waals surface area contributed by atoms with E-state index in [-0.39, 0.29) is 0 Å². The minimum absolute atomic E-state index is 1.06. The summed E-state index contributed by atoms with van der Waals surface area (Å²) in [6.07, 6.45) is 6.30. The zero-order chi connectivity index (χ0) is 9.80. The molecule has 0 unspecified atom stereocenters. The van der Waals surface area contributed by atoms with Gasteiger partial charge in [0.25, 0.3) is 0 Å². The van der Waals surface area contributed by atoms with Crippen molar-refractivity contribution in [2.45, 2.75) is 5.75 Å². The predicted octanol–water partition coefficient (Wildman–Crippen LogP) is 3.34. The molecule has 0 aliphatic carbocycles. The van der Waals surface area contributed by atoms with Crippen molar-refractivity contribution in [3.8, 4) is 5.69 Å². The van der Waals surface area contributed by atoms with Crippen molar-refractivity contribution < 1.29 is 0 Å². The molecule has 0 saturated heterocycles. The number of thioether (sulfide) groups is 1. The molecule has 0 spiro atoms. The molecule has 14 heavy (non-hydrogen) atoms. The number of para-hydroxylation sites is 1. The molecule has 2 heteroatoms. The lowest BCUT2D eigenvalue weighted by atomic mass is 10.2. The first-order valence-corrected chi connectivity index (χ1v) is 6.01. The molecule has 1 heterocycles. The van der Waals surface area contributed by atoms with Crippen molar-refractivity contribution in [3.63, 3.8) is 0 Å². The Morgan fingerprint density at radius 3 is 2.50 bits per heavy atom. The highest BCUT2D eigenvalue weighted by molar-refractivity contribution is 7.97. The Bertz CT molecular complexity index is 392.